The van der Waals surface area contributed by atoms with Gasteiger partial charge >= 0.3 is 11.9 Å². The number of nitrogens with one attached hydrogen (secondary N) is 1. The zero-order chi connectivity index (χ0) is 16.2. The molecule has 0 bridgehead atoms. The quantitative estimate of drug-likeness (QED) is 0.252. The minimum atomic E-state index is -1.07. The van der Waals surface area contributed by atoms with Gasteiger partial charge in [-0.25, -0.2) is 9.78 Å². The van der Waals surface area contributed by atoms with Crippen molar-refractivity contribution < 1.29 is 48.3 Å². The highest BCUT2D eigenvalue weighted by atomic mass is 127. The van der Waals surface area contributed by atoms with Crippen LogP contribution in [0.25, 0.3) is 0 Å². The Morgan fingerprint density at radius 1 is 1.32 bits per heavy atom. The molecule has 1 rings (SSSR count). The molecule has 0 aliphatic carbocycles. The lowest BCUT2D eigenvalue weighted by molar-refractivity contribution is -0.887. The first-order valence-electron chi connectivity index (χ1n) is 6.66. The maximum Gasteiger partial charge on any atom is 0.362 e. The van der Waals surface area contributed by atoms with E-state index in [1.165, 1.54) is 0 Å². The Hall–Kier alpha value is -1.20. The van der Waals surface area contributed by atoms with Crippen molar-refractivity contribution in [3.8, 4) is 0 Å². The van der Waals surface area contributed by atoms with Crippen molar-refractivity contribution in [2.75, 3.05) is 21.1 Å². The van der Waals surface area contributed by atoms with Gasteiger partial charge in [-0.2, -0.15) is 0 Å². The number of carboxylic acids is 2. The molecule has 0 radical (unpaired) electrons. The van der Waals surface area contributed by atoms with E-state index >= 15 is 0 Å². The minimum Gasteiger partial charge on any atom is -1.00 e. The standard InChI is InChI=1S/C13H22N4O4.HI/c1-17(2,3)10(13(20)21)4-5-11-15-7-8(16-11)6-9(14)12(18)19;/h7,9-10H,4-6,14H2,1-3H3,(H2-,15,16,18,19,20,21);1H/t9-,10-;/m0./s1. The molecular weight excluding hydrogens is 403 g/mol. The van der Waals surface area contributed by atoms with Crippen LogP contribution in [0.15, 0.2) is 6.20 Å². The molecule has 5 N–H and O–H groups in total. The summed E-state index contributed by atoms with van der Waals surface area (Å²) in [5.74, 6) is -1.27. The van der Waals surface area contributed by atoms with Crippen molar-refractivity contribution in [3.05, 3.63) is 17.7 Å². The molecular formula is C13H23IN4O4. The number of likely N-dealkylation sites (N-methyl/N-ethyl adjacent to an activating group) is 1. The SMILES string of the molecule is C[N+](C)(C)[C@@H](CCc1ncc(C[C@H](N)C(=O)O)[nH]1)C(=O)O.[I-]. The van der Waals surface area contributed by atoms with E-state index in [4.69, 9.17) is 10.8 Å². The van der Waals surface area contributed by atoms with E-state index in [0.29, 0.717) is 28.8 Å². The molecule has 22 heavy (non-hydrogen) atoms. The molecule has 1 heterocycles. The highest BCUT2D eigenvalue weighted by Gasteiger charge is 2.31. The number of aliphatic carboxylic acids is 2. The summed E-state index contributed by atoms with van der Waals surface area (Å²) in [5, 5.41) is 18.0. The number of rotatable bonds is 8. The Morgan fingerprint density at radius 3 is 2.36 bits per heavy atom. The third kappa shape index (κ3) is 6.28. The van der Waals surface area contributed by atoms with Crippen molar-refractivity contribution in [1.29, 1.82) is 0 Å². The molecule has 0 aliphatic heterocycles. The molecule has 0 saturated heterocycles. The van der Waals surface area contributed by atoms with E-state index in [1.54, 1.807) is 6.20 Å². The number of halogens is 1. The van der Waals surface area contributed by atoms with Crippen molar-refractivity contribution in [2.45, 2.75) is 31.3 Å². The average molecular weight is 426 g/mol. The number of hydrogen-bond donors (Lipinski definition) is 4. The van der Waals surface area contributed by atoms with Crippen LogP contribution in [0.3, 0.4) is 0 Å². The molecule has 0 spiro atoms. The molecule has 8 nitrogen and oxygen atoms in total. The minimum absolute atomic E-state index is 0. The summed E-state index contributed by atoms with van der Waals surface area (Å²) >= 11 is 0. The van der Waals surface area contributed by atoms with Gasteiger partial charge < -0.3 is 49.4 Å². The summed E-state index contributed by atoms with van der Waals surface area (Å²) in [4.78, 5) is 29.1. The first-order valence-corrected chi connectivity index (χ1v) is 6.66. The van der Waals surface area contributed by atoms with Crippen molar-refractivity contribution >= 4 is 11.9 Å². The Bertz CT molecular complexity index is 512. The fraction of sp³-hybridized carbons (Fsp3) is 0.615. The first-order chi connectivity index (χ1) is 9.61. The Morgan fingerprint density at radius 2 is 1.91 bits per heavy atom. The van der Waals surface area contributed by atoms with Crippen LogP contribution in [0.4, 0.5) is 0 Å². The van der Waals surface area contributed by atoms with Crippen LogP contribution in [0.1, 0.15) is 17.9 Å². The third-order valence-electron chi connectivity index (χ3n) is 3.31. The van der Waals surface area contributed by atoms with Crippen molar-refractivity contribution in [2.24, 2.45) is 5.73 Å². The summed E-state index contributed by atoms with van der Waals surface area (Å²) < 4.78 is 0.326. The highest BCUT2D eigenvalue weighted by molar-refractivity contribution is 5.73. The molecule has 0 aliphatic rings. The topological polar surface area (TPSA) is 129 Å². The number of imidazole rings is 1. The lowest BCUT2D eigenvalue weighted by Crippen LogP contribution is -3.00. The predicted octanol–water partition coefficient (Wildman–Crippen LogP) is -3.54. The van der Waals surface area contributed by atoms with Gasteiger partial charge in [0.15, 0.2) is 6.04 Å². The monoisotopic (exact) mass is 426 g/mol. The number of nitrogens with two attached hydrogens (primary N) is 1. The van der Waals surface area contributed by atoms with Crippen molar-refractivity contribution in [3.63, 3.8) is 0 Å². The number of aromatic nitrogens is 2. The third-order valence-corrected chi connectivity index (χ3v) is 3.31. The predicted molar refractivity (Wildman–Crippen MR) is 75.7 cm³/mol. The summed E-state index contributed by atoms with van der Waals surface area (Å²) in [7, 11) is 5.49. The van der Waals surface area contributed by atoms with Gasteiger partial charge in [-0.15, -0.1) is 0 Å². The number of nitrogens with zero attached hydrogens (tertiary/aromatic N) is 2. The van der Waals surface area contributed by atoms with Gasteiger partial charge in [-0.1, -0.05) is 0 Å². The number of carbonyl (C=O) groups is 2. The lowest BCUT2D eigenvalue weighted by atomic mass is 10.1. The van der Waals surface area contributed by atoms with E-state index in [9.17, 15) is 14.7 Å². The molecule has 2 atom stereocenters. The zero-order valence-corrected chi connectivity index (χ0v) is 15.1. The molecule has 1 aromatic heterocycles. The van der Waals surface area contributed by atoms with Crippen LogP contribution < -0.4 is 29.7 Å². The van der Waals surface area contributed by atoms with Gasteiger partial charge in [-0.05, 0) is 0 Å². The molecule has 0 unspecified atom stereocenters. The number of hydrogen-bond acceptors (Lipinski definition) is 4. The van der Waals surface area contributed by atoms with E-state index in [0.717, 1.165) is 0 Å². The molecule has 1 aromatic rings. The van der Waals surface area contributed by atoms with Gasteiger partial charge in [0, 0.05) is 31.2 Å². The summed E-state index contributed by atoms with van der Waals surface area (Å²) in [6, 6.07) is -1.50. The van der Waals surface area contributed by atoms with Gasteiger partial charge in [0.25, 0.3) is 0 Å². The molecule has 9 heteroatoms. The lowest BCUT2D eigenvalue weighted by Gasteiger charge is -2.30. The number of aromatic amines is 1. The smallest absolute Gasteiger partial charge is 0.362 e. The maximum absolute atomic E-state index is 11.3. The second-order valence-corrected chi connectivity index (χ2v) is 6.01. The number of aryl methyl sites for hydroxylation is 1. The zero-order valence-electron chi connectivity index (χ0n) is 12.9. The maximum atomic E-state index is 11.3. The van der Waals surface area contributed by atoms with Gasteiger partial charge in [-0.3, -0.25) is 4.79 Å². The molecule has 0 amide bonds. The van der Waals surface area contributed by atoms with E-state index < -0.39 is 24.0 Å². The summed E-state index contributed by atoms with van der Waals surface area (Å²) in [6.45, 7) is 0. The Labute approximate surface area is 146 Å². The number of quaternary nitrogens is 1. The van der Waals surface area contributed by atoms with Crippen LogP contribution in [-0.4, -0.2) is 69.8 Å². The Balaban J connectivity index is 0.00000441. The second-order valence-electron chi connectivity index (χ2n) is 6.01. The van der Waals surface area contributed by atoms with Crippen LogP contribution >= 0.6 is 0 Å². The van der Waals surface area contributed by atoms with Gasteiger partial charge in [0.05, 0.1) is 21.1 Å². The van der Waals surface area contributed by atoms with Gasteiger partial charge in [0.2, 0.25) is 0 Å². The fourth-order valence-corrected chi connectivity index (χ4v) is 2.08. The summed E-state index contributed by atoms with van der Waals surface area (Å²) in [6.07, 6.45) is 2.63. The summed E-state index contributed by atoms with van der Waals surface area (Å²) in [5.41, 5.74) is 6.09. The molecule has 0 saturated carbocycles. The second kappa shape index (κ2) is 8.44. The fourth-order valence-electron chi connectivity index (χ4n) is 2.08. The Kier molecular flexibility index (Phi) is 7.98. The van der Waals surface area contributed by atoms with E-state index in [1.807, 2.05) is 21.1 Å². The van der Waals surface area contributed by atoms with Crippen LogP contribution in [0, 0.1) is 0 Å². The molecule has 126 valence electrons. The largest absolute Gasteiger partial charge is 1.00 e. The van der Waals surface area contributed by atoms with Gasteiger partial charge in [0.1, 0.15) is 11.9 Å². The van der Waals surface area contributed by atoms with E-state index in [2.05, 4.69) is 9.97 Å². The van der Waals surface area contributed by atoms with Crippen molar-refractivity contribution in [1.82, 2.24) is 9.97 Å². The molecule has 0 aromatic carbocycles. The normalized spacial score (nSPS) is 14.0. The molecule has 0 fully saturated rings. The average Bonchev–Trinajstić information content (AvgIpc) is 2.74. The van der Waals surface area contributed by atoms with Crippen LogP contribution in [0.5, 0.6) is 0 Å². The first kappa shape index (κ1) is 20.8. The highest BCUT2D eigenvalue weighted by Crippen LogP contribution is 2.12. The number of H-pyrrole nitrogens is 1. The van der Waals surface area contributed by atoms with Crippen LogP contribution in [0.2, 0.25) is 0 Å². The van der Waals surface area contributed by atoms with E-state index in [-0.39, 0.29) is 30.4 Å². The number of carboxylic acid groups (broad SMARTS) is 2. The van der Waals surface area contributed by atoms with Crippen LogP contribution in [-0.2, 0) is 22.4 Å².